The van der Waals surface area contributed by atoms with E-state index in [1.165, 1.54) is 6.42 Å². The molecule has 0 spiro atoms. The van der Waals surface area contributed by atoms with E-state index >= 15 is 0 Å². The fraction of sp³-hybridized carbons (Fsp3) is 0.750. The minimum Gasteiger partial charge on any atom is -0.385 e. The summed E-state index contributed by atoms with van der Waals surface area (Å²) in [4.78, 5) is 14.2. The number of ether oxygens (including phenoxy) is 2. The van der Waals surface area contributed by atoms with E-state index in [0.717, 1.165) is 64.0 Å². The molecule has 1 aromatic rings. The molecule has 2 saturated heterocycles. The summed E-state index contributed by atoms with van der Waals surface area (Å²) in [5.41, 5.74) is 0. The lowest BCUT2D eigenvalue weighted by molar-refractivity contribution is 0.122. The molecule has 0 bridgehead atoms. The van der Waals surface area contributed by atoms with Gasteiger partial charge in [0.2, 0.25) is 5.95 Å². The van der Waals surface area contributed by atoms with Crippen LogP contribution >= 0.6 is 12.2 Å². The minimum atomic E-state index is 0.534. The van der Waals surface area contributed by atoms with Gasteiger partial charge in [0, 0.05) is 52.5 Å². The summed E-state index contributed by atoms with van der Waals surface area (Å²) in [7, 11) is 1.70. The Hall–Kier alpha value is -1.71. The van der Waals surface area contributed by atoms with Gasteiger partial charge in [0.15, 0.2) is 5.11 Å². The Morgan fingerprint density at radius 3 is 2.48 bits per heavy atom. The molecule has 2 aliphatic rings. The average Bonchev–Trinajstić information content (AvgIpc) is 2.71. The molecule has 0 unspecified atom stereocenters. The summed E-state index contributed by atoms with van der Waals surface area (Å²) in [5, 5.41) is 6.90. The highest BCUT2D eigenvalue weighted by molar-refractivity contribution is 7.80. The Morgan fingerprint density at radius 2 is 1.83 bits per heavy atom. The third-order valence-corrected chi connectivity index (χ3v) is 5.51. The van der Waals surface area contributed by atoms with Crippen molar-refractivity contribution in [2.75, 3.05) is 74.8 Å². The first-order valence-electron chi connectivity index (χ1n) is 10.6. The van der Waals surface area contributed by atoms with E-state index in [0.29, 0.717) is 29.5 Å². The minimum absolute atomic E-state index is 0.534. The predicted octanol–water partition coefficient (Wildman–Crippen LogP) is 2.12. The van der Waals surface area contributed by atoms with Gasteiger partial charge in [0.25, 0.3) is 0 Å². The second kappa shape index (κ2) is 10.9. The van der Waals surface area contributed by atoms with Gasteiger partial charge in [0.1, 0.15) is 11.6 Å². The number of nitrogens with zero attached hydrogens (tertiary/aromatic N) is 4. The molecule has 2 fully saturated rings. The fourth-order valence-corrected chi connectivity index (χ4v) is 4.20. The predicted molar refractivity (Wildman–Crippen MR) is 121 cm³/mol. The highest BCUT2D eigenvalue weighted by Crippen LogP contribution is 2.28. The van der Waals surface area contributed by atoms with Gasteiger partial charge < -0.3 is 29.9 Å². The number of hydrogen-bond acceptors (Lipinski definition) is 7. The standard InChI is InChI=1S/C20H34N6O2S/c1-15-11-16(2)14-26(13-15)18-12-17(25-6-9-28-10-7-25)22-19(23-18)24-20(29)21-5-4-8-27-3/h12,15-16H,4-11,13-14H2,1-3H3,(H2,21,22,23,24,29)/t15-,16+. The molecule has 3 heterocycles. The van der Waals surface area contributed by atoms with Crippen LogP contribution < -0.4 is 20.4 Å². The van der Waals surface area contributed by atoms with Crippen LogP contribution in [-0.4, -0.2) is 74.7 Å². The molecule has 2 aliphatic heterocycles. The average molecular weight is 423 g/mol. The number of piperidine rings is 1. The van der Waals surface area contributed by atoms with E-state index in [4.69, 9.17) is 31.7 Å². The zero-order valence-electron chi connectivity index (χ0n) is 17.8. The van der Waals surface area contributed by atoms with E-state index in [1.807, 2.05) is 0 Å². The van der Waals surface area contributed by atoms with Crippen molar-refractivity contribution in [3.8, 4) is 0 Å². The van der Waals surface area contributed by atoms with E-state index in [2.05, 4.69) is 40.3 Å². The van der Waals surface area contributed by atoms with Gasteiger partial charge in [-0.3, -0.25) is 0 Å². The Bertz CT molecular complexity index is 660. The molecule has 2 atom stereocenters. The molecule has 0 amide bonds. The highest BCUT2D eigenvalue weighted by atomic mass is 32.1. The number of morpholine rings is 1. The van der Waals surface area contributed by atoms with Crippen molar-refractivity contribution in [2.24, 2.45) is 11.8 Å². The fourth-order valence-electron chi connectivity index (χ4n) is 4.01. The second-order valence-electron chi connectivity index (χ2n) is 8.09. The second-order valence-corrected chi connectivity index (χ2v) is 8.49. The zero-order chi connectivity index (χ0) is 20.6. The molecule has 1 aromatic heterocycles. The van der Waals surface area contributed by atoms with Gasteiger partial charge in [-0.15, -0.1) is 0 Å². The summed E-state index contributed by atoms with van der Waals surface area (Å²) in [6, 6.07) is 2.11. The molecular weight excluding hydrogens is 388 g/mol. The molecule has 0 radical (unpaired) electrons. The number of nitrogens with one attached hydrogen (secondary N) is 2. The monoisotopic (exact) mass is 422 g/mol. The molecule has 0 saturated carbocycles. The number of hydrogen-bond donors (Lipinski definition) is 2. The first-order chi connectivity index (χ1) is 14.0. The van der Waals surface area contributed by atoms with Crippen LogP contribution in [0.2, 0.25) is 0 Å². The maximum Gasteiger partial charge on any atom is 0.232 e. The largest absolute Gasteiger partial charge is 0.385 e. The van der Waals surface area contributed by atoms with Crippen molar-refractivity contribution in [1.29, 1.82) is 0 Å². The summed E-state index contributed by atoms with van der Waals surface area (Å²) >= 11 is 5.43. The molecule has 9 heteroatoms. The quantitative estimate of drug-likeness (QED) is 0.508. The van der Waals surface area contributed by atoms with Crippen LogP contribution in [0.4, 0.5) is 17.6 Å². The Kier molecular flexibility index (Phi) is 8.26. The molecular formula is C20H34N6O2S. The van der Waals surface area contributed by atoms with Crippen molar-refractivity contribution >= 4 is 34.9 Å². The van der Waals surface area contributed by atoms with Crippen molar-refractivity contribution in [2.45, 2.75) is 26.7 Å². The van der Waals surface area contributed by atoms with Gasteiger partial charge >= 0.3 is 0 Å². The van der Waals surface area contributed by atoms with Crippen LogP contribution in [-0.2, 0) is 9.47 Å². The smallest absolute Gasteiger partial charge is 0.232 e. The van der Waals surface area contributed by atoms with E-state index in [9.17, 15) is 0 Å². The van der Waals surface area contributed by atoms with Crippen LogP contribution in [0, 0.1) is 11.8 Å². The molecule has 3 rings (SSSR count). The van der Waals surface area contributed by atoms with Crippen LogP contribution in [0.3, 0.4) is 0 Å². The molecule has 29 heavy (non-hydrogen) atoms. The first kappa shape index (κ1) is 22.0. The zero-order valence-corrected chi connectivity index (χ0v) is 18.6. The Labute approximate surface area is 179 Å². The van der Waals surface area contributed by atoms with Gasteiger partial charge in [-0.25, -0.2) is 0 Å². The number of rotatable bonds is 7. The number of thiocarbonyl (C=S) groups is 1. The third kappa shape index (κ3) is 6.65. The van der Waals surface area contributed by atoms with Crippen LogP contribution in [0.25, 0.3) is 0 Å². The topological polar surface area (TPSA) is 74.8 Å². The maximum absolute atomic E-state index is 5.50. The van der Waals surface area contributed by atoms with E-state index < -0.39 is 0 Å². The normalized spacial score (nSPS) is 22.4. The Morgan fingerprint density at radius 1 is 1.17 bits per heavy atom. The third-order valence-electron chi connectivity index (χ3n) is 5.26. The van der Waals surface area contributed by atoms with Crippen molar-refractivity contribution < 1.29 is 9.47 Å². The van der Waals surface area contributed by atoms with Gasteiger partial charge in [-0.2, -0.15) is 9.97 Å². The summed E-state index contributed by atoms with van der Waals surface area (Å²) in [6.07, 6.45) is 2.15. The first-order valence-corrected chi connectivity index (χ1v) is 11.0. The molecule has 8 nitrogen and oxygen atoms in total. The van der Waals surface area contributed by atoms with Gasteiger partial charge in [-0.1, -0.05) is 13.8 Å². The summed E-state index contributed by atoms with van der Waals surface area (Å²) in [6.45, 7) is 11.2. The highest BCUT2D eigenvalue weighted by Gasteiger charge is 2.25. The van der Waals surface area contributed by atoms with E-state index in [-0.39, 0.29) is 0 Å². The lowest BCUT2D eigenvalue weighted by atomic mass is 9.92. The number of aromatic nitrogens is 2. The van der Waals surface area contributed by atoms with Gasteiger partial charge in [0.05, 0.1) is 13.2 Å². The summed E-state index contributed by atoms with van der Waals surface area (Å²) in [5.74, 6) is 3.73. The molecule has 162 valence electrons. The van der Waals surface area contributed by atoms with Crippen molar-refractivity contribution in [1.82, 2.24) is 15.3 Å². The lowest BCUT2D eigenvalue weighted by Gasteiger charge is -2.36. The number of anilines is 3. The van der Waals surface area contributed by atoms with Crippen LogP contribution in [0.1, 0.15) is 26.7 Å². The molecule has 2 N–H and O–H groups in total. The van der Waals surface area contributed by atoms with Crippen molar-refractivity contribution in [3.63, 3.8) is 0 Å². The van der Waals surface area contributed by atoms with Crippen molar-refractivity contribution in [3.05, 3.63) is 6.07 Å². The van der Waals surface area contributed by atoms with Crippen LogP contribution in [0.15, 0.2) is 6.07 Å². The lowest BCUT2D eigenvalue weighted by Crippen LogP contribution is -2.40. The Balaban J connectivity index is 1.76. The summed E-state index contributed by atoms with van der Waals surface area (Å²) < 4.78 is 10.6. The van der Waals surface area contributed by atoms with Crippen LogP contribution in [0.5, 0.6) is 0 Å². The SMILES string of the molecule is COCCCNC(=S)Nc1nc(N2CCOCC2)cc(N2C[C@H](C)C[C@H](C)C2)n1. The van der Waals surface area contributed by atoms with Gasteiger partial charge in [-0.05, 0) is 36.9 Å². The maximum atomic E-state index is 5.50. The molecule has 0 aliphatic carbocycles. The number of methoxy groups -OCH3 is 1. The van der Waals surface area contributed by atoms with E-state index in [1.54, 1.807) is 7.11 Å². The molecule has 0 aromatic carbocycles.